The molecular weight excluding hydrogens is 508 g/mol. The zero-order valence-electron chi connectivity index (χ0n) is 19.4. The number of nitrogens with zero attached hydrogens (tertiary/aromatic N) is 1. The first-order valence-electron chi connectivity index (χ1n) is 11.4. The Labute approximate surface area is 208 Å². The molecule has 33 heavy (non-hydrogen) atoms. The standard InChI is InChI=1S/C24H33BrN2O5S/c1-14-7-16(26-11-20(29)30)9-19-24(14)10-17(13-28)27(5-4-6-33-3)12-15-8-18(31-2)22(25)23(32-19)21(15)24/h8-9,14,17,19,26,28H,4-7,10-13H2,1-3H3,(H,29,30)/t14-,17+,19-,24+/m1/s1. The number of allylic oxidation sites excluding steroid dienone is 1. The molecule has 0 aromatic heterocycles. The van der Waals surface area contributed by atoms with Gasteiger partial charge >= 0.3 is 5.97 Å². The van der Waals surface area contributed by atoms with Crippen molar-refractivity contribution in [2.75, 3.05) is 38.8 Å². The van der Waals surface area contributed by atoms with Crippen LogP contribution in [0.2, 0.25) is 0 Å². The minimum Gasteiger partial charge on any atom is -0.495 e. The number of aliphatic hydroxyl groups is 1. The van der Waals surface area contributed by atoms with Crippen molar-refractivity contribution in [1.82, 2.24) is 10.2 Å². The third-order valence-electron chi connectivity index (χ3n) is 7.40. The molecule has 0 saturated carbocycles. The summed E-state index contributed by atoms with van der Waals surface area (Å²) in [5, 5.41) is 22.7. The molecule has 1 aliphatic carbocycles. The number of ether oxygens (including phenoxy) is 2. The Kier molecular flexibility index (Phi) is 7.53. The van der Waals surface area contributed by atoms with E-state index in [2.05, 4.69) is 51.5 Å². The molecule has 0 amide bonds. The summed E-state index contributed by atoms with van der Waals surface area (Å²) in [4.78, 5) is 13.5. The summed E-state index contributed by atoms with van der Waals surface area (Å²) < 4.78 is 13.1. The lowest BCUT2D eigenvalue weighted by molar-refractivity contribution is -0.135. The van der Waals surface area contributed by atoms with Gasteiger partial charge in [0.15, 0.2) is 0 Å². The molecule has 1 aromatic carbocycles. The summed E-state index contributed by atoms with van der Waals surface area (Å²) in [5.41, 5.74) is 3.01. The molecule has 9 heteroatoms. The number of methoxy groups -OCH3 is 1. The number of halogens is 1. The third kappa shape index (κ3) is 4.37. The van der Waals surface area contributed by atoms with Crippen molar-refractivity contribution in [3.8, 4) is 11.5 Å². The highest BCUT2D eigenvalue weighted by Crippen LogP contribution is 2.60. The van der Waals surface area contributed by atoms with Gasteiger partial charge in [0.25, 0.3) is 0 Å². The van der Waals surface area contributed by atoms with E-state index in [1.807, 2.05) is 11.8 Å². The summed E-state index contributed by atoms with van der Waals surface area (Å²) in [6.07, 6.45) is 6.53. The Bertz CT molecular complexity index is 942. The van der Waals surface area contributed by atoms with Gasteiger partial charge in [0.05, 0.1) is 13.7 Å². The number of carboxylic acid groups (broad SMARTS) is 1. The van der Waals surface area contributed by atoms with Crippen LogP contribution in [0.5, 0.6) is 11.5 Å². The molecule has 2 aliphatic heterocycles. The van der Waals surface area contributed by atoms with E-state index >= 15 is 0 Å². The number of hydrogen-bond donors (Lipinski definition) is 3. The average molecular weight is 542 g/mol. The predicted molar refractivity (Wildman–Crippen MR) is 133 cm³/mol. The van der Waals surface area contributed by atoms with Gasteiger partial charge in [0, 0.05) is 29.3 Å². The molecule has 0 bridgehead atoms. The molecule has 1 aromatic rings. The second-order valence-electron chi connectivity index (χ2n) is 9.24. The Balaban J connectivity index is 1.81. The van der Waals surface area contributed by atoms with Crippen molar-refractivity contribution in [3.63, 3.8) is 0 Å². The Morgan fingerprint density at radius 3 is 2.94 bits per heavy atom. The van der Waals surface area contributed by atoms with Crippen LogP contribution in [0.1, 0.15) is 37.3 Å². The summed E-state index contributed by atoms with van der Waals surface area (Å²) >= 11 is 5.56. The second-order valence-corrected chi connectivity index (χ2v) is 11.0. The number of carboxylic acids is 1. The molecule has 0 fully saturated rings. The summed E-state index contributed by atoms with van der Waals surface area (Å²) in [6, 6.07) is 2.14. The molecule has 182 valence electrons. The maximum atomic E-state index is 11.1. The van der Waals surface area contributed by atoms with Crippen LogP contribution in [0.15, 0.2) is 22.3 Å². The number of nitrogens with one attached hydrogen (secondary N) is 1. The van der Waals surface area contributed by atoms with Crippen molar-refractivity contribution in [3.05, 3.63) is 33.4 Å². The number of rotatable bonds is 9. The van der Waals surface area contributed by atoms with Crippen LogP contribution in [0, 0.1) is 5.92 Å². The number of aliphatic hydroxyl groups excluding tert-OH is 1. The molecule has 3 aliphatic rings. The first-order valence-corrected chi connectivity index (χ1v) is 13.6. The highest BCUT2D eigenvalue weighted by atomic mass is 79.9. The minimum absolute atomic E-state index is 0.0189. The van der Waals surface area contributed by atoms with Crippen LogP contribution in [-0.2, 0) is 16.8 Å². The van der Waals surface area contributed by atoms with E-state index in [9.17, 15) is 9.90 Å². The second kappa shape index (κ2) is 10.1. The third-order valence-corrected chi connectivity index (χ3v) is 8.85. The molecule has 3 N–H and O–H groups in total. The lowest BCUT2D eigenvalue weighted by Crippen LogP contribution is -2.51. The lowest BCUT2D eigenvalue weighted by Gasteiger charge is -2.44. The van der Waals surface area contributed by atoms with Gasteiger partial charge in [-0.05, 0) is 77.4 Å². The van der Waals surface area contributed by atoms with Crippen molar-refractivity contribution in [2.45, 2.75) is 50.3 Å². The highest BCUT2D eigenvalue weighted by Gasteiger charge is 2.58. The fourth-order valence-corrected chi connectivity index (χ4v) is 6.85. The molecule has 0 saturated heterocycles. The van der Waals surface area contributed by atoms with Gasteiger partial charge in [0.1, 0.15) is 28.6 Å². The van der Waals surface area contributed by atoms with Crippen LogP contribution < -0.4 is 14.8 Å². The van der Waals surface area contributed by atoms with Crippen molar-refractivity contribution in [2.24, 2.45) is 5.92 Å². The van der Waals surface area contributed by atoms with Gasteiger partial charge in [0.2, 0.25) is 0 Å². The van der Waals surface area contributed by atoms with Crippen LogP contribution in [0.4, 0.5) is 0 Å². The highest BCUT2D eigenvalue weighted by molar-refractivity contribution is 9.10. The molecule has 0 radical (unpaired) electrons. The maximum Gasteiger partial charge on any atom is 0.322 e. The van der Waals surface area contributed by atoms with E-state index in [1.165, 1.54) is 11.1 Å². The van der Waals surface area contributed by atoms with Crippen LogP contribution in [0.3, 0.4) is 0 Å². The van der Waals surface area contributed by atoms with Gasteiger partial charge in [-0.25, -0.2) is 0 Å². The molecule has 4 atom stereocenters. The molecular formula is C24H33BrN2O5S. The van der Waals surface area contributed by atoms with E-state index in [-0.39, 0.29) is 36.6 Å². The SMILES string of the molecule is COc1cc2c3c(c1Br)O[C@@H]1C=C(NCC(=O)O)C[C@@H](C)[C@]31C[C@@H](CO)N(CCCSC)C2. The predicted octanol–water partition coefficient (Wildman–Crippen LogP) is 3.37. The smallest absolute Gasteiger partial charge is 0.322 e. The molecule has 1 spiro atoms. The number of aliphatic carboxylic acids is 1. The molecule has 7 nitrogen and oxygen atoms in total. The lowest BCUT2D eigenvalue weighted by atomic mass is 9.60. The zero-order valence-corrected chi connectivity index (χ0v) is 21.8. The Hall–Kier alpha value is -1.42. The Morgan fingerprint density at radius 2 is 2.27 bits per heavy atom. The van der Waals surface area contributed by atoms with Crippen LogP contribution >= 0.6 is 27.7 Å². The van der Waals surface area contributed by atoms with Crippen molar-refractivity contribution < 1.29 is 24.5 Å². The quantitative estimate of drug-likeness (QED) is 0.410. The maximum absolute atomic E-state index is 11.1. The van der Waals surface area contributed by atoms with Crippen LogP contribution in [0.25, 0.3) is 0 Å². The van der Waals surface area contributed by atoms with Gasteiger partial charge in [-0.2, -0.15) is 11.8 Å². The summed E-state index contributed by atoms with van der Waals surface area (Å²) in [6.45, 7) is 3.87. The summed E-state index contributed by atoms with van der Waals surface area (Å²) in [7, 11) is 1.66. The van der Waals surface area contributed by atoms with Gasteiger partial charge in [-0.1, -0.05) is 6.92 Å². The number of hydrogen-bond acceptors (Lipinski definition) is 7. The fraction of sp³-hybridized carbons (Fsp3) is 0.625. The van der Waals surface area contributed by atoms with Gasteiger partial charge in [-0.3, -0.25) is 9.69 Å². The number of thioether (sulfide) groups is 1. The Morgan fingerprint density at radius 1 is 1.48 bits per heavy atom. The van der Waals surface area contributed by atoms with Gasteiger partial charge < -0.3 is 25.0 Å². The average Bonchev–Trinajstić information content (AvgIpc) is 3.05. The molecule has 2 heterocycles. The van der Waals surface area contributed by atoms with E-state index < -0.39 is 5.97 Å². The first-order chi connectivity index (χ1) is 15.8. The number of carbonyl (C=O) groups is 1. The van der Waals surface area contributed by atoms with Crippen molar-refractivity contribution >= 4 is 33.7 Å². The largest absolute Gasteiger partial charge is 0.495 e. The van der Waals surface area contributed by atoms with E-state index in [0.717, 1.165) is 59.8 Å². The van der Waals surface area contributed by atoms with Gasteiger partial charge in [-0.15, -0.1) is 0 Å². The fourth-order valence-electron chi connectivity index (χ4n) is 5.86. The van der Waals surface area contributed by atoms with Crippen molar-refractivity contribution in [1.29, 1.82) is 0 Å². The monoisotopic (exact) mass is 540 g/mol. The number of benzene rings is 1. The molecule has 0 unspecified atom stereocenters. The zero-order chi connectivity index (χ0) is 23.8. The summed E-state index contributed by atoms with van der Waals surface area (Å²) in [5.74, 6) is 1.96. The molecule has 4 rings (SSSR count). The van der Waals surface area contributed by atoms with E-state index in [0.29, 0.717) is 0 Å². The van der Waals surface area contributed by atoms with E-state index in [1.54, 1.807) is 7.11 Å². The van der Waals surface area contributed by atoms with E-state index in [4.69, 9.17) is 14.6 Å². The first kappa shape index (κ1) is 24.7. The van der Waals surface area contributed by atoms with Crippen LogP contribution in [-0.4, -0.2) is 72.0 Å². The topological polar surface area (TPSA) is 91.3 Å². The minimum atomic E-state index is -0.884. The normalized spacial score (nSPS) is 28.3.